The number of rotatable bonds is 3. The number of halogens is 4. The van der Waals surface area contributed by atoms with Crippen molar-refractivity contribution in [3.63, 3.8) is 0 Å². The number of hydrogen-bond donors (Lipinski definition) is 1. The van der Waals surface area contributed by atoms with Crippen molar-refractivity contribution in [2.45, 2.75) is 12.7 Å². The summed E-state index contributed by atoms with van der Waals surface area (Å²) in [6.45, 7) is 0.370. The van der Waals surface area contributed by atoms with E-state index in [2.05, 4.69) is 26.3 Å². The van der Waals surface area contributed by atoms with E-state index in [1.165, 1.54) is 0 Å². The molecule has 0 aliphatic carbocycles. The molecule has 7 heteroatoms. The van der Waals surface area contributed by atoms with Crippen LogP contribution in [0.4, 0.5) is 18.9 Å². The Labute approximate surface area is 116 Å². The minimum absolute atomic E-state index is 0.370. The summed E-state index contributed by atoms with van der Waals surface area (Å²) in [6, 6.07) is 5.52. The number of alkyl halides is 3. The van der Waals surface area contributed by atoms with Gasteiger partial charge in [0, 0.05) is 23.4 Å². The van der Waals surface area contributed by atoms with Crippen molar-refractivity contribution >= 4 is 21.6 Å². The standard InChI is InChI=1S/C12H11BrF3N3/c1-19-3-2-10(18-19)7-17-11-5-8(12(14,15)16)4-9(13)6-11/h2-6,17H,7H2,1H3. The zero-order valence-electron chi connectivity index (χ0n) is 10.0. The number of nitrogens with zero attached hydrogens (tertiary/aromatic N) is 2. The Morgan fingerprint density at radius 2 is 2.05 bits per heavy atom. The van der Waals surface area contributed by atoms with E-state index < -0.39 is 11.7 Å². The van der Waals surface area contributed by atoms with Gasteiger partial charge in [0.2, 0.25) is 0 Å². The van der Waals surface area contributed by atoms with Crippen molar-refractivity contribution in [2.75, 3.05) is 5.32 Å². The van der Waals surface area contributed by atoms with Crippen molar-refractivity contribution in [1.29, 1.82) is 0 Å². The van der Waals surface area contributed by atoms with Crippen LogP contribution >= 0.6 is 15.9 Å². The molecular formula is C12H11BrF3N3. The van der Waals surface area contributed by atoms with Gasteiger partial charge in [-0.25, -0.2) is 0 Å². The van der Waals surface area contributed by atoms with Crippen molar-refractivity contribution in [1.82, 2.24) is 9.78 Å². The molecule has 1 aromatic heterocycles. The molecule has 0 aliphatic heterocycles. The highest BCUT2D eigenvalue weighted by atomic mass is 79.9. The maximum absolute atomic E-state index is 12.7. The molecule has 1 aromatic carbocycles. The van der Waals surface area contributed by atoms with Gasteiger partial charge < -0.3 is 5.32 Å². The maximum Gasteiger partial charge on any atom is 0.416 e. The van der Waals surface area contributed by atoms with E-state index >= 15 is 0 Å². The topological polar surface area (TPSA) is 29.9 Å². The molecule has 0 atom stereocenters. The summed E-state index contributed by atoms with van der Waals surface area (Å²) in [5, 5.41) is 7.06. The third-order valence-electron chi connectivity index (χ3n) is 2.47. The molecule has 1 heterocycles. The predicted octanol–water partition coefficient (Wildman–Crippen LogP) is 3.81. The smallest absolute Gasteiger partial charge is 0.379 e. The number of aryl methyl sites for hydroxylation is 1. The van der Waals surface area contributed by atoms with Gasteiger partial charge in [0.05, 0.1) is 17.8 Å². The van der Waals surface area contributed by atoms with Crippen molar-refractivity contribution in [3.8, 4) is 0 Å². The number of benzene rings is 1. The first-order valence-corrected chi connectivity index (χ1v) is 6.24. The van der Waals surface area contributed by atoms with E-state index in [4.69, 9.17) is 0 Å². The Hall–Kier alpha value is -1.50. The third-order valence-corrected chi connectivity index (χ3v) is 2.93. The zero-order chi connectivity index (χ0) is 14.0. The largest absolute Gasteiger partial charge is 0.416 e. The lowest BCUT2D eigenvalue weighted by molar-refractivity contribution is -0.137. The van der Waals surface area contributed by atoms with Gasteiger partial charge in [-0.2, -0.15) is 18.3 Å². The second kappa shape index (κ2) is 5.24. The lowest BCUT2D eigenvalue weighted by atomic mass is 10.2. The average Bonchev–Trinajstić information content (AvgIpc) is 2.71. The van der Waals surface area contributed by atoms with E-state index in [1.54, 1.807) is 30.1 Å². The van der Waals surface area contributed by atoms with Gasteiger partial charge in [-0.05, 0) is 24.3 Å². The van der Waals surface area contributed by atoms with E-state index in [0.717, 1.165) is 17.8 Å². The van der Waals surface area contributed by atoms with Crippen LogP contribution in [-0.2, 0) is 19.8 Å². The highest BCUT2D eigenvalue weighted by Crippen LogP contribution is 2.33. The van der Waals surface area contributed by atoms with Crippen LogP contribution in [0.15, 0.2) is 34.9 Å². The number of aromatic nitrogens is 2. The van der Waals surface area contributed by atoms with Crippen LogP contribution in [-0.4, -0.2) is 9.78 Å². The van der Waals surface area contributed by atoms with E-state index in [-0.39, 0.29) is 0 Å². The molecule has 2 rings (SSSR count). The second-order valence-corrected chi connectivity index (χ2v) is 4.98. The molecule has 0 saturated heterocycles. The number of hydrogen-bond acceptors (Lipinski definition) is 2. The van der Waals surface area contributed by atoms with Crippen LogP contribution in [0.1, 0.15) is 11.3 Å². The summed E-state index contributed by atoms with van der Waals surface area (Å²) in [4.78, 5) is 0. The SMILES string of the molecule is Cn1ccc(CNc2cc(Br)cc(C(F)(F)F)c2)n1. The van der Waals surface area contributed by atoms with Crippen molar-refractivity contribution in [3.05, 3.63) is 46.2 Å². The second-order valence-electron chi connectivity index (χ2n) is 4.06. The predicted molar refractivity (Wildman–Crippen MR) is 69.7 cm³/mol. The van der Waals surface area contributed by atoms with Crippen molar-refractivity contribution < 1.29 is 13.2 Å². The monoisotopic (exact) mass is 333 g/mol. The first-order chi connectivity index (χ1) is 8.84. The molecule has 102 valence electrons. The molecule has 0 spiro atoms. The molecule has 2 aromatic rings. The summed E-state index contributed by atoms with van der Waals surface area (Å²) >= 11 is 3.08. The molecular weight excluding hydrogens is 323 g/mol. The van der Waals surface area contributed by atoms with E-state index in [9.17, 15) is 13.2 Å². The third kappa shape index (κ3) is 3.73. The number of anilines is 1. The highest BCUT2D eigenvalue weighted by molar-refractivity contribution is 9.10. The Morgan fingerprint density at radius 3 is 2.63 bits per heavy atom. The van der Waals surface area contributed by atoms with Crippen LogP contribution < -0.4 is 5.32 Å². The van der Waals surface area contributed by atoms with E-state index in [0.29, 0.717) is 16.7 Å². The molecule has 1 N–H and O–H groups in total. The van der Waals surface area contributed by atoms with Gasteiger partial charge in [-0.3, -0.25) is 4.68 Å². The fourth-order valence-electron chi connectivity index (χ4n) is 1.61. The molecule has 0 amide bonds. The fraction of sp³-hybridized carbons (Fsp3) is 0.250. The summed E-state index contributed by atoms with van der Waals surface area (Å²) in [7, 11) is 1.78. The van der Waals surface area contributed by atoms with E-state index in [1.807, 2.05) is 0 Å². The van der Waals surface area contributed by atoms with Crippen LogP contribution in [0.25, 0.3) is 0 Å². The van der Waals surface area contributed by atoms with Gasteiger partial charge in [0.25, 0.3) is 0 Å². The quantitative estimate of drug-likeness (QED) is 0.925. The Kier molecular flexibility index (Phi) is 3.84. The van der Waals surface area contributed by atoms with Gasteiger partial charge >= 0.3 is 6.18 Å². The first kappa shape index (κ1) is 13.9. The van der Waals surface area contributed by atoms with Crippen LogP contribution in [0, 0.1) is 0 Å². The Morgan fingerprint density at radius 1 is 1.32 bits per heavy atom. The van der Waals surface area contributed by atoms with Gasteiger partial charge in [-0.1, -0.05) is 15.9 Å². The molecule has 0 radical (unpaired) electrons. The summed E-state index contributed by atoms with van der Waals surface area (Å²) in [5.41, 5.74) is 0.466. The molecule has 19 heavy (non-hydrogen) atoms. The maximum atomic E-state index is 12.7. The molecule has 0 saturated carbocycles. The Balaban J connectivity index is 2.14. The zero-order valence-corrected chi connectivity index (χ0v) is 11.6. The molecule has 0 aliphatic rings. The van der Waals surface area contributed by atoms with Crippen LogP contribution in [0.5, 0.6) is 0 Å². The average molecular weight is 334 g/mol. The van der Waals surface area contributed by atoms with Gasteiger partial charge in [0.1, 0.15) is 0 Å². The summed E-state index contributed by atoms with van der Waals surface area (Å²) in [6.07, 6.45) is -2.58. The molecule has 0 unspecified atom stereocenters. The minimum atomic E-state index is -4.36. The summed E-state index contributed by atoms with van der Waals surface area (Å²) < 4.78 is 40.0. The fourth-order valence-corrected chi connectivity index (χ4v) is 2.10. The molecule has 0 bridgehead atoms. The minimum Gasteiger partial charge on any atom is -0.379 e. The lowest BCUT2D eigenvalue weighted by Gasteiger charge is -2.11. The first-order valence-electron chi connectivity index (χ1n) is 5.45. The van der Waals surface area contributed by atoms with Gasteiger partial charge in [0.15, 0.2) is 0 Å². The van der Waals surface area contributed by atoms with Crippen molar-refractivity contribution in [2.24, 2.45) is 7.05 Å². The summed E-state index contributed by atoms with van der Waals surface area (Å²) in [5.74, 6) is 0. The normalized spacial score (nSPS) is 11.6. The molecule has 0 fully saturated rings. The Bertz CT molecular complexity index is 578. The molecule has 3 nitrogen and oxygen atoms in total. The van der Waals surface area contributed by atoms with Gasteiger partial charge in [-0.15, -0.1) is 0 Å². The number of nitrogens with one attached hydrogen (secondary N) is 1. The van der Waals surface area contributed by atoms with Crippen LogP contribution in [0.2, 0.25) is 0 Å². The highest BCUT2D eigenvalue weighted by Gasteiger charge is 2.31. The lowest BCUT2D eigenvalue weighted by Crippen LogP contribution is -2.07. The van der Waals surface area contributed by atoms with Crippen LogP contribution in [0.3, 0.4) is 0 Å².